The van der Waals surface area contributed by atoms with Crippen molar-refractivity contribution in [1.29, 1.82) is 0 Å². The van der Waals surface area contributed by atoms with Crippen molar-refractivity contribution in [1.82, 2.24) is 29.3 Å². The van der Waals surface area contributed by atoms with E-state index in [4.69, 9.17) is 31.0 Å². The van der Waals surface area contributed by atoms with Crippen LogP contribution in [0.4, 0.5) is 11.5 Å². The number of aromatic nitrogens is 6. The van der Waals surface area contributed by atoms with Gasteiger partial charge in [-0.15, -0.1) is 0 Å². The molecule has 10 heteroatoms. The quantitative estimate of drug-likeness (QED) is 0.465. The topological polar surface area (TPSA) is 91.9 Å². The standard InChI is InChI=1S/C22H24ClN7O2/c1-14-11-17(12-32-18-5-3-4-10-31-18)30(28-14)22-26-20(19-21(27-22)29(2)13-24-19)25-16-8-6-15(23)7-9-16/h6-9,11,13,18H,3-5,10,12H2,1-2H3,(H,25,26,27). The van der Waals surface area contributed by atoms with Crippen molar-refractivity contribution in [3.63, 3.8) is 0 Å². The first-order valence-corrected chi connectivity index (χ1v) is 11.0. The number of nitrogens with one attached hydrogen (secondary N) is 1. The second-order valence-corrected chi connectivity index (χ2v) is 8.26. The molecule has 9 nitrogen and oxygen atoms in total. The van der Waals surface area contributed by atoms with Gasteiger partial charge in [-0.3, -0.25) is 0 Å². The van der Waals surface area contributed by atoms with Crippen molar-refractivity contribution >= 4 is 34.3 Å². The van der Waals surface area contributed by atoms with Crippen molar-refractivity contribution in [3.05, 3.63) is 53.1 Å². The summed E-state index contributed by atoms with van der Waals surface area (Å²) in [5.41, 5.74) is 3.93. The second-order valence-electron chi connectivity index (χ2n) is 7.83. The lowest BCUT2D eigenvalue weighted by Gasteiger charge is -2.22. The van der Waals surface area contributed by atoms with Crippen LogP contribution in [0.25, 0.3) is 17.1 Å². The molecule has 4 heterocycles. The Morgan fingerprint density at radius 2 is 2.06 bits per heavy atom. The third kappa shape index (κ3) is 4.32. The van der Waals surface area contributed by atoms with Crippen LogP contribution >= 0.6 is 11.6 Å². The molecule has 1 unspecified atom stereocenters. The highest BCUT2D eigenvalue weighted by molar-refractivity contribution is 6.30. The molecule has 5 rings (SSSR count). The fourth-order valence-electron chi connectivity index (χ4n) is 3.70. The van der Waals surface area contributed by atoms with Crippen molar-refractivity contribution in [2.45, 2.75) is 39.1 Å². The van der Waals surface area contributed by atoms with Crippen LogP contribution in [0.3, 0.4) is 0 Å². The van der Waals surface area contributed by atoms with E-state index in [9.17, 15) is 0 Å². The summed E-state index contributed by atoms with van der Waals surface area (Å²) in [6, 6.07) is 9.40. The van der Waals surface area contributed by atoms with E-state index < -0.39 is 0 Å². The number of hydrogen-bond acceptors (Lipinski definition) is 7. The monoisotopic (exact) mass is 453 g/mol. The molecule has 0 bridgehead atoms. The Labute approximate surface area is 190 Å². The van der Waals surface area contributed by atoms with Crippen molar-refractivity contribution in [2.75, 3.05) is 11.9 Å². The average molecular weight is 454 g/mol. The van der Waals surface area contributed by atoms with Crippen LogP contribution in [0.5, 0.6) is 0 Å². The summed E-state index contributed by atoms with van der Waals surface area (Å²) in [6.45, 7) is 3.04. The first-order chi connectivity index (χ1) is 15.6. The Hall–Kier alpha value is -3.01. The predicted octanol–water partition coefficient (Wildman–Crippen LogP) is 4.30. The number of hydrogen-bond donors (Lipinski definition) is 1. The lowest BCUT2D eigenvalue weighted by Crippen LogP contribution is -2.22. The smallest absolute Gasteiger partial charge is 0.254 e. The molecule has 1 fully saturated rings. The third-order valence-corrected chi connectivity index (χ3v) is 5.56. The van der Waals surface area contributed by atoms with E-state index in [0.717, 1.165) is 42.9 Å². The van der Waals surface area contributed by atoms with Gasteiger partial charge in [-0.2, -0.15) is 15.1 Å². The van der Waals surface area contributed by atoms with Crippen LogP contribution in [-0.4, -0.2) is 42.2 Å². The minimum Gasteiger partial charge on any atom is -0.353 e. The maximum Gasteiger partial charge on any atom is 0.254 e. The number of nitrogens with zero attached hydrogens (tertiary/aromatic N) is 6. The highest BCUT2D eigenvalue weighted by Gasteiger charge is 2.19. The fraction of sp³-hybridized carbons (Fsp3) is 0.364. The van der Waals surface area contributed by atoms with Gasteiger partial charge >= 0.3 is 0 Å². The molecule has 0 amide bonds. The fourth-order valence-corrected chi connectivity index (χ4v) is 3.82. The molecule has 4 aromatic rings. The molecule has 1 N–H and O–H groups in total. The molecule has 3 aromatic heterocycles. The first-order valence-electron chi connectivity index (χ1n) is 10.6. The Kier molecular flexibility index (Phi) is 5.77. The predicted molar refractivity (Wildman–Crippen MR) is 121 cm³/mol. The number of aryl methyl sites for hydroxylation is 2. The number of benzene rings is 1. The van der Waals surface area contributed by atoms with Gasteiger partial charge in [0.05, 0.1) is 24.3 Å². The largest absolute Gasteiger partial charge is 0.353 e. The normalized spacial score (nSPS) is 16.5. The summed E-state index contributed by atoms with van der Waals surface area (Å²) in [5.74, 6) is 1.03. The molecule has 0 spiro atoms. The van der Waals surface area contributed by atoms with Crippen molar-refractivity contribution in [2.24, 2.45) is 7.05 Å². The Morgan fingerprint density at radius 3 is 2.84 bits per heavy atom. The molecule has 1 atom stereocenters. The van der Waals surface area contributed by atoms with Crippen LogP contribution in [0.1, 0.15) is 30.7 Å². The number of imidazole rings is 1. The summed E-state index contributed by atoms with van der Waals surface area (Å²) < 4.78 is 15.3. The number of rotatable bonds is 6. The average Bonchev–Trinajstić information content (AvgIpc) is 3.37. The summed E-state index contributed by atoms with van der Waals surface area (Å²) in [5, 5.41) is 8.62. The van der Waals surface area contributed by atoms with E-state index in [2.05, 4.69) is 15.4 Å². The van der Waals surface area contributed by atoms with E-state index in [1.807, 2.05) is 48.9 Å². The molecule has 166 valence electrons. The SMILES string of the molecule is Cc1cc(COC2CCCCO2)n(-c2nc(Nc3ccc(Cl)cc3)c3ncn(C)c3n2)n1. The molecule has 1 aliphatic rings. The summed E-state index contributed by atoms with van der Waals surface area (Å²) >= 11 is 6.02. The maximum atomic E-state index is 6.02. The van der Waals surface area contributed by atoms with Gasteiger partial charge in [-0.1, -0.05) is 11.6 Å². The summed E-state index contributed by atoms with van der Waals surface area (Å²) in [4.78, 5) is 14.0. The zero-order valence-corrected chi connectivity index (χ0v) is 18.7. The van der Waals surface area contributed by atoms with Gasteiger partial charge in [0.1, 0.15) is 0 Å². The summed E-state index contributed by atoms with van der Waals surface area (Å²) in [6.07, 6.45) is 4.63. The molecule has 1 aliphatic heterocycles. The molecule has 0 aliphatic carbocycles. The zero-order valence-electron chi connectivity index (χ0n) is 18.0. The van der Waals surface area contributed by atoms with Crippen LogP contribution in [-0.2, 0) is 23.1 Å². The number of ether oxygens (including phenoxy) is 2. The van der Waals surface area contributed by atoms with Crippen LogP contribution in [0.15, 0.2) is 36.7 Å². The van der Waals surface area contributed by atoms with Gasteiger partial charge in [0.15, 0.2) is 23.3 Å². The maximum absolute atomic E-state index is 6.02. The summed E-state index contributed by atoms with van der Waals surface area (Å²) in [7, 11) is 1.90. The van der Waals surface area contributed by atoms with Gasteiger partial charge < -0.3 is 19.4 Å². The van der Waals surface area contributed by atoms with Gasteiger partial charge in [0.2, 0.25) is 0 Å². The highest BCUT2D eigenvalue weighted by atomic mass is 35.5. The number of halogens is 1. The van der Waals surface area contributed by atoms with E-state index in [-0.39, 0.29) is 6.29 Å². The highest BCUT2D eigenvalue weighted by Crippen LogP contribution is 2.25. The Balaban J connectivity index is 1.50. The Bertz CT molecular complexity index is 1230. The number of anilines is 2. The van der Waals surface area contributed by atoms with E-state index in [1.165, 1.54) is 0 Å². The van der Waals surface area contributed by atoms with E-state index in [0.29, 0.717) is 34.6 Å². The zero-order chi connectivity index (χ0) is 22.1. The van der Waals surface area contributed by atoms with Crippen LogP contribution in [0.2, 0.25) is 5.02 Å². The number of fused-ring (bicyclic) bond motifs is 1. The lowest BCUT2D eigenvalue weighted by molar-refractivity contribution is -0.169. The van der Waals surface area contributed by atoms with E-state index in [1.54, 1.807) is 11.0 Å². The van der Waals surface area contributed by atoms with Crippen LogP contribution in [0, 0.1) is 6.92 Å². The van der Waals surface area contributed by atoms with Crippen LogP contribution < -0.4 is 5.32 Å². The van der Waals surface area contributed by atoms with Gasteiger partial charge in [0.25, 0.3) is 5.95 Å². The van der Waals surface area contributed by atoms with Crippen molar-refractivity contribution in [3.8, 4) is 5.95 Å². The van der Waals surface area contributed by atoms with Gasteiger partial charge in [-0.05, 0) is 56.5 Å². The molecule has 1 saturated heterocycles. The molecular weight excluding hydrogens is 430 g/mol. The van der Waals surface area contributed by atoms with Gasteiger partial charge in [-0.25, -0.2) is 9.67 Å². The van der Waals surface area contributed by atoms with Crippen molar-refractivity contribution < 1.29 is 9.47 Å². The van der Waals surface area contributed by atoms with Gasteiger partial charge in [0, 0.05) is 24.4 Å². The lowest BCUT2D eigenvalue weighted by atomic mass is 10.2. The molecule has 1 aromatic carbocycles. The first kappa shape index (κ1) is 20.9. The Morgan fingerprint density at radius 1 is 1.22 bits per heavy atom. The van der Waals surface area contributed by atoms with E-state index >= 15 is 0 Å². The molecule has 0 radical (unpaired) electrons. The third-order valence-electron chi connectivity index (χ3n) is 5.30. The minimum absolute atomic E-state index is 0.185. The molecule has 0 saturated carbocycles. The molecular formula is C22H24ClN7O2. The minimum atomic E-state index is -0.185. The molecule has 32 heavy (non-hydrogen) atoms. The second kappa shape index (κ2) is 8.85.